The molecule has 1 aromatic heterocycles. The number of hydrogen-bond acceptors (Lipinski definition) is 3. The van der Waals surface area contributed by atoms with Crippen molar-refractivity contribution in [3.63, 3.8) is 0 Å². The quantitative estimate of drug-likeness (QED) is 0.868. The molecule has 0 radical (unpaired) electrons. The van der Waals surface area contributed by atoms with Crippen LogP contribution in [0.4, 0.5) is 5.82 Å². The van der Waals surface area contributed by atoms with E-state index < -0.39 is 0 Å². The zero-order valence-electron chi connectivity index (χ0n) is 11.2. The Morgan fingerprint density at radius 2 is 1.94 bits per heavy atom. The van der Waals surface area contributed by atoms with Crippen molar-refractivity contribution in [1.82, 2.24) is 9.97 Å². The lowest BCUT2D eigenvalue weighted by atomic mass is 10.1. The molecule has 96 valence electrons. The summed E-state index contributed by atoms with van der Waals surface area (Å²) in [6, 6.07) is 0. The number of nitrogens with zero attached hydrogens (tertiary/aromatic N) is 2. The molecule has 1 aromatic rings. The molecule has 0 spiro atoms. The molecule has 0 aromatic carbocycles. The van der Waals surface area contributed by atoms with Crippen LogP contribution < -0.4 is 5.32 Å². The van der Waals surface area contributed by atoms with Crippen molar-refractivity contribution in [2.45, 2.75) is 46.5 Å². The summed E-state index contributed by atoms with van der Waals surface area (Å²) in [6.45, 7) is 6.62. The third-order valence-electron chi connectivity index (χ3n) is 2.64. The van der Waals surface area contributed by atoms with Gasteiger partial charge >= 0.3 is 0 Å². The van der Waals surface area contributed by atoms with Gasteiger partial charge in [0.2, 0.25) is 0 Å². The van der Waals surface area contributed by atoms with Crippen LogP contribution >= 0.6 is 15.9 Å². The van der Waals surface area contributed by atoms with Gasteiger partial charge in [-0.2, -0.15) is 0 Å². The Labute approximate surface area is 113 Å². The average molecular weight is 300 g/mol. The number of anilines is 1. The zero-order chi connectivity index (χ0) is 12.8. The van der Waals surface area contributed by atoms with E-state index in [1.54, 1.807) is 0 Å². The monoisotopic (exact) mass is 299 g/mol. The second-order valence-corrected chi connectivity index (χ2v) is 5.47. The van der Waals surface area contributed by atoms with Crippen LogP contribution in [0.25, 0.3) is 0 Å². The van der Waals surface area contributed by atoms with E-state index in [1.165, 1.54) is 0 Å². The highest BCUT2D eigenvalue weighted by molar-refractivity contribution is 9.10. The molecular formula is C13H22BrN3. The lowest BCUT2D eigenvalue weighted by molar-refractivity contribution is 0.573. The first kappa shape index (κ1) is 14.4. The normalized spacial score (nSPS) is 10.9. The number of hydrogen-bond donors (Lipinski definition) is 1. The molecule has 0 atom stereocenters. The summed E-state index contributed by atoms with van der Waals surface area (Å²) in [5, 5.41) is 3.12. The van der Waals surface area contributed by atoms with Crippen molar-refractivity contribution >= 4 is 21.7 Å². The van der Waals surface area contributed by atoms with Gasteiger partial charge in [0.05, 0.1) is 10.2 Å². The third kappa shape index (κ3) is 4.26. The molecule has 0 amide bonds. The van der Waals surface area contributed by atoms with Gasteiger partial charge in [-0.3, -0.25) is 0 Å². The molecule has 0 bridgehead atoms. The molecule has 0 aliphatic heterocycles. The Kier molecular flexibility index (Phi) is 5.89. The molecule has 1 rings (SSSR count). The number of nitrogens with one attached hydrogen (secondary N) is 1. The van der Waals surface area contributed by atoms with Gasteiger partial charge < -0.3 is 5.32 Å². The summed E-state index contributed by atoms with van der Waals surface area (Å²) < 4.78 is 1.01. The molecule has 0 aliphatic carbocycles. The number of aryl methyl sites for hydroxylation is 2. The number of rotatable bonds is 6. The first-order valence-electron chi connectivity index (χ1n) is 6.31. The molecule has 0 aliphatic rings. The SMILES string of the molecule is CCCc1nc(CCC(C)C)nc(NC)c1Br. The van der Waals surface area contributed by atoms with E-state index >= 15 is 0 Å². The van der Waals surface area contributed by atoms with Crippen molar-refractivity contribution in [3.05, 3.63) is 16.0 Å². The van der Waals surface area contributed by atoms with Crippen LogP contribution in [0, 0.1) is 5.92 Å². The van der Waals surface area contributed by atoms with E-state index in [1.807, 2.05) is 7.05 Å². The van der Waals surface area contributed by atoms with Crippen molar-refractivity contribution in [2.75, 3.05) is 12.4 Å². The molecule has 4 heteroatoms. The van der Waals surface area contributed by atoms with Gasteiger partial charge in [0.1, 0.15) is 11.6 Å². The van der Waals surface area contributed by atoms with Crippen LogP contribution in [-0.2, 0) is 12.8 Å². The molecule has 0 unspecified atom stereocenters. The highest BCUT2D eigenvalue weighted by Gasteiger charge is 2.11. The van der Waals surface area contributed by atoms with Gasteiger partial charge in [-0.05, 0) is 34.7 Å². The van der Waals surface area contributed by atoms with E-state index in [4.69, 9.17) is 0 Å². The average Bonchev–Trinajstić information content (AvgIpc) is 2.30. The predicted octanol–water partition coefficient (Wildman–Crippen LogP) is 3.82. The minimum Gasteiger partial charge on any atom is -0.372 e. The van der Waals surface area contributed by atoms with Crippen LogP contribution in [-0.4, -0.2) is 17.0 Å². The Morgan fingerprint density at radius 1 is 1.24 bits per heavy atom. The Hall–Kier alpha value is -0.640. The second-order valence-electron chi connectivity index (χ2n) is 4.68. The van der Waals surface area contributed by atoms with Crippen LogP contribution in [0.2, 0.25) is 0 Å². The largest absolute Gasteiger partial charge is 0.372 e. The third-order valence-corrected chi connectivity index (χ3v) is 3.47. The highest BCUT2D eigenvalue weighted by atomic mass is 79.9. The first-order valence-corrected chi connectivity index (χ1v) is 7.10. The van der Waals surface area contributed by atoms with Crippen LogP contribution in [0.5, 0.6) is 0 Å². The standard InChI is InChI=1S/C13H22BrN3/c1-5-6-10-12(14)13(15-4)17-11(16-10)8-7-9(2)3/h9H,5-8H2,1-4H3,(H,15,16,17). The summed E-state index contributed by atoms with van der Waals surface area (Å²) in [5.74, 6) is 2.55. The number of halogens is 1. The zero-order valence-corrected chi connectivity index (χ0v) is 12.8. The van der Waals surface area contributed by atoms with Gasteiger partial charge in [0.15, 0.2) is 0 Å². The van der Waals surface area contributed by atoms with Gasteiger partial charge in [0, 0.05) is 13.5 Å². The smallest absolute Gasteiger partial charge is 0.144 e. The van der Waals surface area contributed by atoms with Gasteiger partial charge in [-0.25, -0.2) is 9.97 Å². The van der Waals surface area contributed by atoms with Crippen molar-refractivity contribution in [3.8, 4) is 0 Å². The maximum atomic E-state index is 4.64. The van der Waals surface area contributed by atoms with E-state index in [9.17, 15) is 0 Å². The molecule has 1 N–H and O–H groups in total. The Balaban J connectivity index is 2.94. The Morgan fingerprint density at radius 3 is 2.47 bits per heavy atom. The second kappa shape index (κ2) is 6.94. The topological polar surface area (TPSA) is 37.8 Å². The summed E-state index contributed by atoms with van der Waals surface area (Å²) in [5.41, 5.74) is 1.12. The Bertz CT molecular complexity index is 364. The van der Waals surface area contributed by atoms with Crippen molar-refractivity contribution in [2.24, 2.45) is 5.92 Å². The van der Waals surface area contributed by atoms with Crippen LogP contribution in [0.1, 0.15) is 45.1 Å². The maximum Gasteiger partial charge on any atom is 0.144 e. The van der Waals surface area contributed by atoms with Crippen LogP contribution in [0.3, 0.4) is 0 Å². The summed E-state index contributed by atoms with van der Waals surface area (Å²) in [7, 11) is 1.90. The van der Waals surface area contributed by atoms with Gasteiger partial charge in [-0.15, -0.1) is 0 Å². The minimum atomic E-state index is 0.690. The lowest BCUT2D eigenvalue weighted by Crippen LogP contribution is -2.07. The summed E-state index contributed by atoms with van der Waals surface area (Å²) in [6.07, 6.45) is 4.18. The molecular weight excluding hydrogens is 278 g/mol. The summed E-state index contributed by atoms with van der Waals surface area (Å²) >= 11 is 3.57. The summed E-state index contributed by atoms with van der Waals surface area (Å²) in [4.78, 5) is 9.18. The molecule has 0 saturated heterocycles. The van der Waals surface area contributed by atoms with Gasteiger partial charge in [-0.1, -0.05) is 27.2 Å². The van der Waals surface area contributed by atoms with E-state index in [-0.39, 0.29) is 0 Å². The minimum absolute atomic E-state index is 0.690. The highest BCUT2D eigenvalue weighted by Crippen LogP contribution is 2.24. The molecule has 1 heterocycles. The maximum absolute atomic E-state index is 4.64. The van der Waals surface area contributed by atoms with Crippen LogP contribution in [0.15, 0.2) is 4.47 Å². The molecule has 0 saturated carbocycles. The van der Waals surface area contributed by atoms with E-state index in [0.29, 0.717) is 5.92 Å². The lowest BCUT2D eigenvalue weighted by Gasteiger charge is -2.11. The van der Waals surface area contributed by atoms with E-state index in [0.717, 1.165) is 47.5 Å². The van der Waals surface area contributed by atoms with E-state index in [2.05, 4.69) is 52.0 Å². The van der Waals surface area contributed by atoms with Gasteiger partial charge in [0.25, 0.3) is 0 Å². The van der Waals surface area contributed by atoms with Crippen molar-refractivity contribution in [1.29, 1.82) is 0 Å². The fraction of sp³-hybridized carbons (Fsp3) is 0.692. The molecule has 17 heavy (non-hydrogen) atoms. The number of aromatic nitrogens is 2. The fourth-order valence-electron chi connectivity index (χ4n) is 1.64. The first-order chi connectivity index (χ1) is 8.08. The van der Waals surface area contributed by atoms with Crippen molar-refractivity contribution < 1.29 is 0 Å². The predicted molar refractivity (Wildman–Crippen MR) is 76.4 cm³/mol. The molecule has 0 fully saturated rings. The molecule has 3 nitrogen and oxygen atoms in total. The fourth-order valence-corrected chi connectivity index (χ4v) is 2.22.